The molecule has 1 amide bonds. The third-order valence-electron chi connectivity index (χ3n) is 6.05. The van der Waals surface area contributed by atoms with Crippen LogP contribution in [-0.4, -0.2) is 35.2 Å². The summed E-state index contributed by atoms with van der Waals surface area (Å²) in [6.07, 6.45) is 8.28. The van der Waals surface area contributed by atoms with Crippen LogP contribution in [0.5, 0.6) is 0 Å². The zero-order valence-electron chi connectivity index (χ0n) is 14.1. The number of rotatable bonds is 4. The molecule has 5 heteroatoms. The van der Waals surface area contributed by atoms with E-state index < -0.39 is 5.97 Å². The molecule has 23 heavy (non-hydrogen) atoms. The molecule has 0 bridgehead atoms. The van der Waals surface area contributed by atoms with E-state index in [1.165, 1.54) is 25.7 Å². The number of carbonyl (C=O) groups excluding carboxylic acids is 1. The Morgan fingerprint density at radius 3 is 2.48 bits per heavy atom. The zero-order valence-corrected chi connectivity index (χ0v) is 14.1. The largest absolute Gasteiger partial charge is 0.481 e. The van der Waals surface area contributed by atoms with Gasteiger partial charge < -0.3 is 15.2 Å². The maximum absolute atomic E-state index is 12.3. The van der Waals surface area contributed by atoms with Crippen LogP contribution in [0.3, 0.4) is 0 Å². The molecule has 130 valence electrons. The van der Waals surface area contributed by atoms with Gasteiger partial charge in [-0.2, -0.15) is 0 Å². The van der Waals surface area contributed by atoms with Gasteiger partial charge in [0.05, 0.1) is 11.5 Å². The highest BCUT2D eigenvalue weighted by atomic mass is 16.5. The first-order chi connectivity index (χ1) is 11.0. The molecule has 1 atom stereocenters. The molecule has 3 fully saturated rings. The van der Waals surface area contributed by atoms with E-state index in [0.717, 1.165) is 18.8 Å². The Morgan fingerprint density at radius 2 is 1.83 bits per heavy atom. The molecule has 0 aromatic carbocycles. The van der Waals surface area contributed by atoms with Gasteiger partial charge in [0.25, 0.3) is 0 Å². The molecule has 1 spiro atoms. The van der Waals surface area contributed by atoms with Gasteiger partial charge in [0.1, 0.15) is 0 Å². The summed E-state index contributed by atoms with van der Waals surface area (Å²) in [7, 11) is 0. The van der Waals surface area contributed by atoms with Crippen LogP contribution in [0.15, 0.2) is 0 Å². The molecule has 0 unspecified atom stereocenters. The van der Waals surface area contributed by atoms with E-state index >= 15 is 0 Å². The standard InChI is InChI=1S/C18H29NO4/c1-12-2-4-13(5-3-12)8-16(20)19-15-6-7-23-18(11-15)9-14(10-18)17(21)22/h12-15H,2-11H2,1H3,(H,19,20)(H,21,22)/t12?,13?,14?,15-,18?/m0/s1. The average Bonchev–Trinajstić information content (AvgIpc) is 2.47. The molecule has 0 radical (unpaired) electrons. The normalized spacial score (nSPS) is 40.4. The molecule has 1 aliphatic heterocycles. The SMILES string of the molecule is CC1CCC(CC(=O)N[C@H]2CCOC3(CC(C(=O)O)C3)C2)CC1. The van der Waals surface area contributed by atoms with Crippen molar-refractivity contribution < 1.29 is 19.4 Å². The van der Waals surface area contributed by atoms with Gasteiger partial charge in [-0.1, -0.05) is 19.8 Å². The fourth-order valence-electron chi connectivity index (χ4n) is 4.53. The number of hydrogen-bond donors (Lipinski definition) is 2. The summed E-state index contributed by atoms with van der Waals surface area (Å²) >= 11 is 0. The van der Waals surface area contributed by atoms with E-state index in [1.807, 2.05) is 0 Å². The summed E-state index contributed by atoms with van der Waals surface area (Å²) in [4.78, 5) is 23.3. The maximum Gasteiger partial charge on any atom is 0.306 e. The van der Waals surface area contributed by atoms with Gasteiger partial charge in [0, 0.05) is 19.1 Å². The first kappa shape index (κ1) is 16.7. The Balaban J connectivity index is 1.43. The second-order valence-electron chi connectivity index (χ2n) is 8.06. The molecule has 3 rings (SSSR count). The van der Waals surface area contributed by atoms with Gasteiger partial charge in [0.2, 0.25) is 5.91 Å². The quantitative estimate of drug-likeness (QED) is 0.834. The van der Waals surface area contributed by atoms with E-state index in [9.17, 15) is 9.59 Å². The Hall–Kier alpha value is -1.10. The summed E-state index contributed by atoms with van der Waals surface area (Å²) in [5.41, 5.74) is -0.292. The molecule has 1 heterocycles. The van der Waals surface area contributed by atoms with Crippen molar-refractivity contribution in [3.05, 3.63) is 0 Å². The lowest BCUT2D eigenvalue weighted by molar-refractivity contribution is -0.182. The van der Waals surface area contributed by atoms with Crippen molar-refractivity contribution in [2.45, 2.75) is 76.4 Å². The highest BCUT2D eigenvalue weighted by Crippen LogP contribution is 2.46. The predicted octanol–water partition coefficient (Wildman–Crippen LogP) is 2.73. The summed E-state index contributed by atoms with van der Waals surface area (Å²) in [6, 6.07) is 0.147. The fraction of sp³-hybridized carbons (Fsp3) is 0.889. The van der Waals surface area contributed by atoms with Gasteiger partial charge in [-0.05, 0) is 50.4 Å². The number of amides is 1. The van der Waals surface area contributed by atoms with Crippen LogP contribution in [0.4, 0.5) is 0 Å². The summed E-state index contributed by atoms with van der Waals surface area (Å²) in [5.74, 6) is 0.525. The maximum atomic E-state index is 12.3. The monoisotopic (exact) mass is 323 g/mol. The van der Waals surface area contributed by atoms with Crippen LogP contribution in [0.1, 0.15) is 64.7 Å². The minimum absolute atomic E-state index is 0.147. The summed E-state index contributed by atoms with van der Waals surface area (Å²) in [5, 5.41) is 12.2. The third kappa shape index (κ3) is 4.06. The van der Waals surface area contributed by atoms with Crippen molar-refractivity contribution in [1.82, 2.24) is 5.32 Å². The van der Waals surface area contributed by atoms with E-state index in [0.29, 0.717) is 31.8 Å². The van der Waals surface area contributed by atoms with Crippen LogP contribution in [-0.2, 0) is 14.3 Å². The van der Waals surface area contributed by atoms with Gasteiger partial charge in [-0.3, -0.25) is 9.59 Å². The van der Waals surface area contributed by atoms with Crippen molar-refractivity contribution in [3.8, 4) is 0 Å². The minimum atomic E-state index is -0.725. The van der Waals surface area contributed by atoms with E-state index in [-0.39, 0.29) is 23.5 Å². The number of nitrogens with one attached hydrogen (secondary N) is 1. The molecule has 5 nitrogen and oxygen atoms in total. The Bertz CT molecular complexity index is 450. The van der Waals surface area contributed by atoms with Crippen molar-refractivity contribution in [2.75, 3.05) is 6.61 Å². The predicted molar refractivity (Wildman–Crippen MR) is 85.9 cm³/mol. The number of carboxylic acid groups (broad SMARTS) is 1. The molecule has 0 aromatic heterocycles. The topological polar surface area (TPSA) is 75.6 Å². The molecular weight excluding hydrogens is 294 g/mol. The second-order valence-corrected chi connectivity index (χ2v) is 8.06. The van der Waals surface area contributed by atoms with Crippen LogP contribution in [0.2, 0.25) is 0 Å². The number of carbonyl (C=O) groups is 2. The van der Waals surface area contributed by atoms with Gasteiger partial charge in [0.15, 0.2) is 0 Å². The van der Waals surface area contributed by atoms with Gasteiger partial charge in [-0.15, -0.1) is 0 Å². The van der Waals surface area contributed by atoms with Gasteiger partial charge in [-0.25, -0.2) is 0 Å². The van der Waals surface area contributed by atoms with E-state index in [4.69, 9.17) is 9.84 Å². The van der Waals surface area contributed by atoms with Crippen LogP contribution in [0.25, 0.3) is 0 Å². The van der Waals surface area contributed by atoms with Crippen molar-refractivity contribution in [1.29, 1.82) is 0 Å². The smallest absolute Gasteiger partial charge is 0.306 e. The van der Waals surface area contributed by atoms with Crippen LogP contribution < -0.4 is 5.32 Å². The van der Waals surface area contributed by atoms with E-state index in [1.54, 1.807) is 0 Å². The number of hydrogen-bond acceptors (Lipinski definition) is 3. The minimum Gasteiger partial charge on any atom is -0.481 e. The molecule has 2 N–H and O–H groups in total. The lowest BCUT2D eigenvalue weighted by Crippen LogP contribution is -2.56. The number of ether oxygens (including phenoxy) is 1. The van der Waals surface area contributed by atoms with Gasteiger partial charge >= 0.3 is 5.97 Å². The zero-order chi connectivity index (χ0) is 16.4. The molecular formula is C18H29NO4. The first-order valence-electron chi connectivity index (χ1n) is 9.12. The molecule has 2 saturated carbocycles. The Labute approximate surface area is 138 Å². The lowest BCUT2D eigenvalue weighted by atomic mass is 9.66. The Kier molecular flexibility index (Phi) is 4.95. The van der Waals surface area contributed by atoms with Crippen molar-refractivity contribution >= 4 is 11.9 Å². The van der Waals surface area contributed by atoms with E-state index in [2.05, 4.69) is 12.2 Å². The number of aliphatic carboxylic acids is 1. The average molecular weight is 323 g/mol. The van der Waals surface area contributed by atoms with Crippen molar-refractivity contribution in [3.63, 3.8) is 0 Å². The summed E-state index contributed by atoms with van der Waals surface area (Å²) in [6.45, 7) is 2.92. The summed E-state index contributed by atoms with van der Waals surface area (Å²) < 4.78 is 5.84. The lowest BCUT2D eigenvalue weighted by Gasteiger charge is -2.50. The molecule has 2 aliphatic carbocycles. The highest BCUT2D eigenvalue weighted by molar-refractivity contribution is 5.76. The van der Waals surface area contributed by atoms with Crippen LogP contribution in [0, 0.1) is 17.8 Å². The molecule has 1 saturated heterocycles. The third-order valence-corrected chi connectivity index (χ3v) is 6.05. The fourth-order valence-corrected chi connectivity index (χ4v) is 4.53. The molecule has 3 aliphatic rings. The number of carboxylic acids is 1. The molecule has 0 aromatic rings. The Morgan fingerprint density at radius 1 is 1.13 bits per heavy atom. The first-order valence-corrected chi connectivity index (χ1v) is 9.12. The second kappa shape index (κ2) is 6.80. The van der Waals surface area contributed by atoms with Crippen molar-refractivity contribution in [2.24, 2.45) is 17.8 Å². The van der Waals surface area contributed by atoms with Crippen LogP contribution >= 0.6 is 0 Å². The highest BCUT2D eigenvalue weighted by Gasteiger charge is 2.51.